The molecule has 3 saturated heterocycles. The van der Waals surface area contributed by atoms with Crippen molar-refractivity contribution in [3.05, 3.63) is 0 Å². The Hall–Kier alpha value is -0.210. The normalized spacial score (nSPS) is 33.0. The summed E-state index contributed by atoms with van der Waals surface area (Å²) in [6, 6.07) is 0.409. The van der Waals surface area contributed by atoms with Crippen LogP contribution >= 0.6 is 0 Å². The molecular weight excluding hydrogens is 336 g/mol. The minimum atomic E-state index is -3.26. The summed E-state index contributed by atoms with van der Waals surface area (Å²) >= 11 is 0. The van der Waals surface area contributed by atoms with Crippen molar-refractivity contribution in [2.24, 2.45) is 5.41 Å². The summed E-state index contributed by atoms with van der Waals surface area (Å²) in [5, 5.41) is 3.38. The zero-order valence-electron chi connectivity index (χ0n) is 15.5. The first-order valence-corrected chi connectivity index (χ1v) is 11.7. The predicted molar refractivity (Wildman–Crippen MR) is 99.7 cm³/mol. The van der Waals surface area contributed by atoms with E-state index in [-0.39, 0.29) is 0 Å². The average Bonchev–Trinajstić information content (AvgIpc) is 3.15. The number of nitrogens with one attached hydrogen (secondary N) is 1. The molecule has 1 unspecified atom stereocenters. The van der Waals surface area contributed by atoms with Crippen molar-refractivity contribution < 1.29 is 8.42 Å². The van der Waals surface area contributed by atoms with E-state index < -0.39 is 10.2 Å². The fourth-order valence-corrected chi connectivity index (χ4v) is 7.09. The molecule has 0 radical (unpaired) electrons. The van der Waals surface area contributed by atoms with Crippen molar-refractivity contribution in [1.82, 2.24) is 18.8 Å². The van der Waals surface area contributed by atoms with Gasteiger partial charge in [0.05, 0.1) is 0 Å². The molecule has 1 saturated carbocycles. The standard InChI is InChI=1S/C18H34N4O2S/c23-25(24,21-12-7-18(8-13-21)5-2-1-3-6-18)22-11-4-17(16-22)20-14-9-19-10-15-20/h17,19H,1-16H2. The first-order chi connectivity index (χ1) is 12.1. The van der Waals surface area contributed by atoms with Crippen LogP contribution in [-0.2, 0) is 10.2 Å². The molecule has 4 aliphatic rings. The van der Waals surface area contributed by atoms with E-state index >= 15 is 0 Å². The Kier molecular flexibility index (Phi) is 5.40. The molecule has 0 amide bonds. The van der Waals surface area contributed by atoms with Crippen LogP contribution in [0.4, 0.5) is 0 Å². The van der Waals surface area contributed by atoms with Gasteiger partial charge >= 0.3 is 0 Å². The van der Waals surface area contributed by atoms with E-state index in [0.717, 1.165) is 58.5 Å². The average molecular weight is 371 g/mol. The van der Waals surface area contributed by atoms with Crippen LogP contribution in [0.15, 0.2) is 0 Å². The van der Waals surface area contributed by atoms with Crippen LogP contribution in [0, 0.1) is 5.41 Å². The van der Waals surface area contributed by atoms with E-state index in [1.165, 1.54) is 32.1 Å². The summed E-state index contributed by atoms with van der Waals surface area (Å²) in [6.45, 7) is 6.99. The number of hydrogen-bond acceptors (Lipinski definition) is 4. The molecule has 7 heteroatoms. The maximum absolute atomic E-state index is 13.1. The van der Waals surface area contributed by atoms with Gasteiger partial charge < -0.3 is 5.32 Å². The molecule has 3 aliphatic heterocycles. The molecule has 4 fully saturated rings. The fraction of sp³-hybridized carbons (Fsp3) is 1.00. The fourth-order valence-electron chi connectivity index (χ4n) is 5.42. The van der Waals surface area contributed by atoms with Crippen molar-refractivity contribution >= 4 is 10.2 Å². The van der Waals surface area contributed by atoms with Crippen molar-refractivity contribution in [3.8, 4) is 0 Å². The zero-order valence-corrected chi connectivity index (χ0v) is 16.3. The highest BCUT2D eigenvalue weighted by molar-refractivity contribution is 7.86. The van der Waals surface area contributed by atoms with Gasteiger partial charge in [0.25, 0.3) is 10.2 Å². The lowest BCUT2D eigenvalue weighted by atomic mass is 9.68. The summed E-state index contributed by atoms with van der Waals surface area (Å²) < 4.78 is 29.8. The smallest absolute Gasteiger partial charge is 0.282 e. The summed E-state index contributed by atoms with van der Waals surface area (Å²) in [4.78, 5) is 2.47. The largest absolute Gasteiger partial charge is 0.314 e. The van der Waals surface area contributed by atoms with Crippen LogP contribution in [0.5, 0.6) is 0 Å². The van der Waals surface area contributed by atoms with Crippen molar-refractivity contribution in [2.75, 3.05) is 52.4 Å². The highest BCUT2D eigenvalue weighted by Crippen LogP contribution is 2.45. The zero-order chi connectivity index (χ0) is 17.3. The van der Waals surface area contributed by atoms with E-state index in [1.807, 2.05) is 0 Å². The summed E-state index contributed by atoms with van der Waals surface area (Å²) in [7, 11) is -3.26. The summed E-state index contributed by atoms with van der Waals surface area (Å²) in [6.07, 6.45) is 9.80. The summed E-state index contributed by atoms with van der Waals surface area (Å²) in [5.74, 6) is 0. The lowest BCUT2D eigenvalue weighted by molar-refractivity contribution is 0.0995. The number of nitrogens with zero attached hydrogens (tertiary/aromatic N) is 3. The highest BCUT2D eigenvalue weighted by Gasteiger charge is 2.42. The van der Waals surface area contributed by atoms with Crippen LogP contribution in [-0.4, -0.2) is 80.3 Å². The Labute approximate surface area is 153 Å². The molecule has 1 N–H and O–H groups in total. The maximum Gasteiger partial charge on any atom is 0.282 e. The molecule has 0 aromatic rings. The van der Waals surface area contributed by atoms with Crippen LogP contribution < -0.4 is 5.32 Å². The first-order valence-electron chi connectivity index (χ1n) is 10.3. The van der Waals surface area contributed by atoms with Crippen LogP contribution in [0.3, 0.4) is 0 Å². The maximum atomic E-state index is 13.1. The molecule has 144 valence electrons. The molecule has 6 nitrogen and oxygen atoms in total. The second-order valence-corrected chi connectivity index (χ2v) is 10.5. The predicted octanol–water partition coefficient (Wildman–Crippen LogP) is 1.26. The molecule has 1 spiro atoms. The van der Waals surface area contributed by atoms with Gasteiger partial charge in [0.15, 0.2) is 0 Å². The van der Waals surface area contributed by atoms with E-state index in [1.54, 1.807) is 8.61 Å². The molecule has 25 heavy (non-hydrogen) atoms. The minimum Gasteiger partial charge on any atom is -0.314 e. The number of hydrogen-bond donors (Lipinski definition) is 1. The van der Waals surface area contributed by atoms with Crippen molar-refractivity contribution in [2.45, 2.75) is 57.4 Å². The number of rotatable bonds is 3. The van der Waals surface area contributed by atoms with Crippen molar-refractivity contribution in [3.63, 3.8) is 0 Å². The van der Waals surface area contributed by atoms with Gasteiger partial charge in [-0.25, -0.2) is 0 Å². The van der Waals surface area contributed by atoms with Gasteiger partial charge in [-0.05, 0) is 37.5 Å². The third kappa shape index (κ3) is 3.76. The third-order valence-electron chi connectivity index (χ3n) is 7.14. The van der Waals surface area contributed by atoms with Crippen LogP contribution in [0.1, 0.15) is 51.4 Å². The molecule has 1 atom stereocenters. The van der Waals surface area contributed by atoms with Gasteiger partial charge in [0, 0.05) is 58.4 Å². The SMILES string of the molecule is O=S(=O)(N1CCC2(CCCCC2)CC1)N1CCC(N2CCNCC2)C1. The minimum absolute atomic E-state index is 0.409. The lowest BCUT2D eigenvalue weighted by Gasteiger charge is -2.44. The molecule has 3 heterocycles. The van der Waals surface area contributed by atoms with E-state index in [9.17, 15) is 8.42 Å². The van der Waals surface area contributed by atoms with Gasteiger partial charge in [-0.1, -0.05) is 19.3 Å². The third-order valence-corrected chi connectivity index (χ3v) is 9.15. The Morgan fingerprint density at radius 1 is 0.800 bits per heavy atom. The Balaban J connectivity index is 1.34. The molecule has 0 aromatic heterocycles. The van der Waals surface area contributed by atoms with Crippen LogP contribution in [0.2, 0.25) is 0 Å². The number of piperidine rings is 1. The monoisotopic (exact) mass is 370 g/mol. The Morgan fingerprint density at radius 2 is 1.48 bits per heavy atom. The van der Waals surface area contributed by atoms with Gasteiger partial charge in [0.2, 0.25) is 0 Å². The molecule has 4 rings (SSSR count). The Bertz CT molecular complexity index is 537. The van der Waals surface area contributed by atoms with E-state index in [0.29, 0.717) is 24.5 Å². The van der Waals surface area contributed by atoms with Gasteiger partial charge in [-0.15, -0.1) is 0 Å². The van der Waals surface area contributed by atoms with Gasteiger partial charge in [-0.2, -0.15) is 17.0 Å². The lowest BCUT2D eigenvalue weighted by Crippen LogP contribution is -2.51. The van der Waals surface area contributed by atoms with E-state index in [2.05, 4.69) is 10.2 Å². The Morgan fingerprint density at radius 3 is 2.16 bits per heavy atom. The first kappa shape index (κ1) is 18.2. The van der Waals surface area contributed by atoms with Crippen LogP contribution in [0.25, 0.3) is 0 Å². The second kappa shape index (κ2) is 7.43. The topological polar surface area (TPSA) is 55.9 Å². The second-order valence-electron chi connectivity index (χ2n) is 8.55. The van der Waals surface area contributed by atoms with Gasteiger partial charge in [-0.3, -0.25) is 4.90 Å². The van der Waals surface area contributed by atoms with Gasteiger partial charge in [0.1, 0.15) is 0 Å². The molecule has 0 bridgehead atoms. The molecule has 1 aliphatic carbocycles. The summed E-state index contributed by atoms with van der Waals surface area (Å²) in [5.41, 5.74) is 0.457. The molecular formula is C18H34N4O2S. The van der Waals surface area contributed by atoms with Crippen molar-refractivity contribution in [1.29, 1.82) is 0 Å². The quantitative estimate of drug-likeness (QED) is 0.813. The molecule has 0 aromatic carbocycles. The van der Waals surface area contributed by atoms with E-state index in [4.69, 9.17) is 0 Å². The number of piperazine rings is 1. The highest BCUT2D eigenvalue weighted by atomic mass is 32.2.